The van der Waals surface area contributed by atoms with Crippen LogP contribution in [-0.2, 0) is 24.0 Å². The van der Waals surface area contributed by atoms with Gasteiger partial charge in [0.1, 0.15) is 18.1 Å². The fraction of sp³-hybridized carbons (Fsp3) is 0.667. The van der Waals surface area contributed by atoms with Crippen molar-refractivity contribution in [3.8, 4) is 0 Å². The smallest absolute Gasteiger partial charge is 0.326 e. The van der Waals surface area contributed by atoms with E-state index in [0.29, 0.717) is 13.0 Å². The van der Waals surface area contributed by atoms with Crippen LogP contribution in [0.15, 0.2) is 4.99 Å². The molecular weight excluding hydrogens is 458 g/mol. The highest BCUT2D eigenvalue weighted by Crippen LogP contribution is 2.06. The lowest BCUT2D eigenvalue weighted by atomic mass is 10.1. The first kappa shape index (κ1) is 28.0. The number of carboxylic acids is 2. The molecular formula is C18H31N7O7S. The predicted octanol–water partition coefficient (Wildman–Crippen LogP) is -3.26. The summed E-state index contributed by atoms with van der Waals surface area (Å²) in [6.07, 6.45) is 0.918. The van der Waals surface area contributed by atoms with E-state index < -0.39 is 60.2 Å². The summed E-state index contributed by atoms with van der Waals surface area (Å²) < 4.78 is 0. The average molecular weight is 490 g/mol. The number of aliphatic carboxylic acids is 2. The van der Waals surface area contributed by atoms with Gasteiger partial charge in [-0.1, -0.05) is 0 Å². The van der Waals surface area contributed by atoms with Crippen molar-refractivity contribution in [1.29, 1.82) is 0 Å². The molecule has 0 radical (unpaired) electrons. The molecule has 1 rings (SSSR count). The Bertz CT molecular complexity index is 754. The molecule has 0 spiro atoms. The van der Waals surface area contributed by atoms with Crippen molar-refractivity contribution < 1.29 is 34.2 Å². The third kappa shape index (κ3) is 10.4. The topological polar surface area (TPSA) is 238 Å². The molecule has 10 N–H and O–H groups in total. The van der Waals surface area contributed by atoms with Crippen LogP contribution in [0, 0.1) is 0 Å². The second-order valence-corrected chi connectivity index (χ2v) is 7.77. The molecule has 1 aliphatic rings. The highest BCUT2D eigenvalue weighted by Gasteiger charge is 2.32. The Balaban J connectivity index is 2.75. The Morgan fingerprint density at radius 1 is 1.03 bits per heavy atom. The van der Waals surface area contributed by atoms with Crippen molar-refractivity contribution in [2.45, 2.75) is 56.3 Å². The van der Waals surface area contributed by atoms with Gasteiger partial charge in [0.05, 0.1) is 12.5 Å². The molecule has 0 aliphatic carbocycles. The van der Waals surface area contributed by atoms with Crippen LogP contribution >= 0.6 is 12.6 Å². The number of carbonyl (C=O) groups excluding carboxylic acids is 3. The minimum absolute atomic E-state index is 0.0250. The summed E-state index contributed by atoms with van der Waals surface area (Å²) in [5.41, 5.74) is 10.4. The summed E-state index contributed by atoms with van der Waals surface area (Å²) in [7, 11) is 0. The lowest BCUT2D eigenvalue weighted by molar-refractivity contribution is -0.143. The molecule has 0 saturated carbocycles. The molecule has 4 unspecified atom stereocenters. The number of nitrogens with zero attached hydrogens (tertiary/aromatic N) is 1. The third-order valence-corrected chi connectivity index (χ3v) is 5.13. The lowest BCUT2D eigenvalue weighted by Gasteiger charge is -2.23. The van der Waals surface area contributed by atoms with Crippen LogP contribution in [0.5, 0.6) is 0 Å². The molecule has 0 aromatic carbocycles. The number of nitrogens with two attached hydrogens (primary N) is 2. The Morgan fingerprint density at radius 3 is 2.18 bits per heavy atom. The Morgan fingerprint density at radius 2 is 1.67 bits per heavy atom. The van der Waals surface area contributed by atoms with Crippen LogP contribution in [0.1, 0.15) is 32.1 Å². The number of thiol groups is 1. The summed E-state index contributed by atoms with van der Waals surface area (Å²) in [4.78, 5) is 63.8. The van der Waals surface area contributed by atoms with Gasteiger partial charge in [0.2, 0.25) is 17.7 Å². The summed E-state index contributed by atoms with van der Waals surface area (Å²) in [6, 6.07) is -4.50. The SMILES string of the molecule is NC(N)=NCCCC(NC(=O)C(CS)NC(=O)C(CC(=O)O)NC(=O)C1CCCN1)C(=O)O. The largest absolute Gasteiger partial charge is 0.481 e. The standard InChI is InChI=1S/C18H31N7O7S/c19-18(20)22-6-2-4-10(17(31)32)23-16(30)12(8-33)25-15(29)11(7-13(26)27)24-14(28)9-3-1-5-21-9/h9-12,21,33H,1-8H2,(H,23,30)(H,24,28)(H,25,29)(H,26,27)(H,31,32)(H4,19,20,22). The van der Waals surface area contributed by atoms with E-state index in [4.69, 9.17) is 16.6 Å². The summed E-state index contributed by atoms with van der Waals surface area (Å²) in [5.74, 6) is -5.22. The maximum Gasteiger partial charge on any atom is 0.326 e. The van der Waals surface area contributed by atoms with E-state index in [1.165, 1.54) is 0 Å². The van der Waals surface area contributed by atoms with E-state index in [1.54, 1.807) is 0 Å². The fourth-order valence-electron chi connectivity index (χ4n) is 3.06. The van der Waals surface area contributed by atoms with Gasteiger partial charge in [-0.25, -0.2) is 4.79 Å². The van der Waals surface area contributed by atoms with Crippen LogP contribution in [0.2, 0.25) is 0 Å². The zero-order chi connectivity index (χ0) is 25.0. The molecule has 0 aromatic heterocycles. The van der Waals surface area contributed by atoms with Crippen LogP contribution in [-0.4, -0.2) is 88.8 Å². The van der Waals surface area contributed by atoms with Crippen molar-refractivity contribution in [3.05, 3.63) is 0 Å². The van der Waals surface area contributed by atoms with Crippen LogP contribution < -0.4 is 32.7 Å². The van der Waals surface area contributed by atoms with Gasteiger partial charge in [0.25, 0.3) is 0 Å². The monoisotopic (exact) mass is 489 g/mol. The zero-order valence-corrected chi connectivity index (χ0v) is 18.8. The Kier molecular flexibility index (Phi) is 12.0. The van der Waals surface area contributed by atoms with Crippen LogP contribution in [0.4, 0.5) is 0 Å². The average Bonchev–Trinajstić information content (AvgIpc) is 3.27. The minimum Gasteiger partial charge on any atom is -0.481 e. The van der Waals surface area contributed by atoms with E-state index in [2.05, 4.69) is 38.9 Å². The van der Waals surface area contributed by atoms with Crippen molar-refractivity contribution in [2.24, 2.45) is 16.5 Å². The Hall–Kier alpha value is -3.07. The summed E-state index contributed by atoms with van der Waals surface area (Å²) >= 11 is 4.01. The number of aliphatic imine (C=N–C) groups is 1. The molecule has 1 saturated heterocycles. The van der Waals surface area contributed by atoms with Crippen LogP contribution in [0.25, 0.3) is 0 Å². The van der Waals surface area contributed by atoms with Gasteiger partial charge in [0.15, 0.2) is 5.96 Å². The second kappa shape index (κ2) is 14.2. The number of amides is 3. The zero-order valence-electron chi connectivity index (χ0n) is 18.0. The number of guanidine groups is 1. The number of hydrogen-bond donors (Lipinski definition) is 9. The molecule has 186 valence electrons. The van der Waals surface area contributed by atoms with Gasteiger partial charge in [-0.15, -0.1) is 0 Å². The van der Waals surface area contributed by atoms with Gasteiger partial charge < -0.3 is 42.9 Å². The molecule has 3 amide bonds. The molecule has 1 aliphatic heterocycles. The molecule has 0 bridgehead atoms. The lowest BCUT2D eigenvalue weighted by Crippen LogP contribution is -2.58. The first-order valence-corrected chi connectivity index (χ1v) is 10.9. The minimum atomic E-state index is -1.43. The van der Waals surface area contributed by atoms with Gasteiger partial charge in [-0.05, 0) is 32.2 Å². The molecule has 15 heteroatoms. The molecule has 14 nitrogen and oxygen atoms in total. The van der Waals surface area contributed by atoms with E-state index >= 15 is 0 Å². The number of rotatable bonds is 14. The van der Waals surface area contributed by atoms with Gasteiger partial charge >= 0.3 is 11.9 Å². The predicted molar refractivity (Wildman–Crippen MR) is 120 cm³/mol. The maximum atomic E-state index is 12.6. The molecule has 1 fully saturated rings. The normalized spacial score (nSPS) is 17.8. The third-order valence-electron chi connectivity index (χ3n) is 4.76. The van der Waals surface area contributed by atoms with Crippen molar-refractivity contribution in [3.63, 3.8) is 0 Å². The number of carbonyl (C=O) groups is 5. The maximum absolute atomic E-state index is 12.6. The van der Waals surface area contributed by atoms with E-state index in [9.17, 15) is 29.1 Å². The van der Waals surface area contributed by atoms with E-state index in [1.807, 2.05) is 0 Å². The number of carboxylic acid groups (broad SMARTS) is 2. The van der Waals surface area contributed by atoms with Crippen LogP contribution in [0.3, 0.4) is 0 Å². The van der Waals surface area contributed by atoms with Crippen molar-refractivity contribution in [2.75, 3.05) is 18.8 Å². The molecule has 0 aromatic rings. The van der Waals surface area contributed by atoms with Crippen molar-refractivity contribution >= 4 is 48.2 Å². The highest BCUT2D eigenvalue weighted by molar-refractivity contribution is 7.80. The van der Waals surface area contributed by atoms with Crippen molar-refractivity contribution in [1.82, 2.24) is 21.3 Å². The van der Waals surface area contributed by atoms with Gasteiger partial charge in [0, 0.05) is 12.3 Å². The fourth-order valence-corrected chi connectivity index (χ4v) is 3.32. The summed E-state index contributed by atoms with van der Waals surface area (Å²) in [5, 5.41) is 28.4. The molecule has 1 heterocycles. The molecule has 33 heavy (non-hydrogen) atoms. The molecule has 4 atom stereocenters. The highest BCUT2D eigenvalue weighted by atomic mass is 32.1. The quantitative estimate of drug-likeness (QED) is 0.0510. The first-order valence-electron chi connectivity index (χ1n) is 10.3. The number of nitrogens with one attached hydrogen (secondary N) is 4. The second-order valence-electron chi connectivity index (χ2n) is 7.40. The number of hydrogen-bond acceptors (Lipinski definition) is 8. The Labute approximate surface area is 195 Å². The van der Waals surface area contributed by atoms with E-state index in [0.717, 1.165) is 6.42 Å². The van der Waals surface area contributed by atoms with Gasteiger partial charge in [-0.3, -0.25) is 24.2 Å². The first-order chi connectivity index (χ1) is 15.5. The van der Waals surface area contributed by atoms with Gasteiger partial charge in [-0.2, -0.15) is 12.6 Å². The van der Waals surface area contributed by atoms with E-state index in [-0.39, 0.29) is 31.1 Å². The summed E-state index contributed by atoms with van der Waals surface area (Å²) in [6.45, 7) is 0.799.